The van der Waals surface area contributed by atoms with Crippen LogP contribution >= 0.6 is 0 Å². The standard InChI is InChI=1S/C14H20N2O2S/c17-19(18,16-13-3-4-13)14-7-5-12(6-8-14)15-10-9-11-1-2-11/h5-8,11,13,15-16H,1-4,9-10H2. The number of hydrogen-bond donors (Lipinski definition) is 2. The maximum absolute atomic E-state index is 12.0. The van der Waals surface area contributed by atoms with Crippen molar-refractivity contribution in [2.24, 2.45) is 5.92 Å². The summed E-state index contributed by atoms with van der Waals surface area (Å²) >= 11 is 0. The van der Waals surface area contributed by atoms with Crippen LogP contribution in [0.2, 0.25) is 0 Å². The quantitative estimate of drug-likeness (QED) is 0.806. The maximum Gasteiger partial charge on any atom is 0.240 e. The molecule has 0 unspecified atom stereocenters. The van der Waals surface area contributed by atoms with Crippen LogP contribution in [-0.4, -0.2) is 21.0 Å². The van der Waals surface area contributed by atoms with Gasteiger partial charge < -0.3 is 5.32 Å². The highest BCUT2D eigenvalue weighted by Gasteiger charge is 2.27. The Kier molecular flexibility index (Phi) is 3.50. The van der Waals surface area contributed by atoms with Gasteiger partial charge in [-0.3, -0.25) is 0 Å². The first-order chi connectivity index (χ1) is 9.13. The first kappa shape index (κ1) is 12.9. The largest absolute Gasteiger partial charge is 0.385 e. The fraction of sp³-hybridized carbons (Fsp3) is 0.571. The smallest absolute Gasteiger partial charge is 0.240 e. The molecule has 19 heavy (non-hydrogen) atoms. The first-order valence-electron chi connectivity index (χ1n) is 7.00. The molecule has 2 saturated carbocycles. The van der Waals surface area contributed by atoms with Crippen molar-refractivity contribution >= 4 is 15.7 Å². The van der Waals surface area contributed by atoms with Crippen molar-refractivity contribution in [2.75, 3.05) is 11.9 Å². The lowest BCUT2D eigenvalue weighted by molar-refractivity contribution is 0.581. The molecular formula is C14H20N2O2S. The van der Waals surface area contributed by atoms with Crippen molar-refractivity contribution in [3.8, 4) is 0 Å². The summed E-state index contributed by atoms with van der Waals surface area (Å²) in [6.45, 7) is 0.969. The average Bonchev–Trinajstić information content (AvgIpc) is 3.25. The number of rotatable bonds is 7. The summed E-state index contributed by atoms with van der Waals surface area (Å²) in [4.78, 5) is 0.354. The van der Waals surface area contributed by atoms with Crippen molar-refractivity contribution < 1.29 is 8.42 Å². The lowest BCUT2D eigenvalue weighted by Gasteiger charge is -2.08. The molecule has 0 aliphatic heterocycles. The van der Waals surface area contributed by atoms with Crippen molar-refractivity contribution in [1.29, 1.82) is 0 Å². The Morgan fingerprint density at radius 2 is 1.74 bits per heavy atom. The van der Waals surface area contributed by atoms with Crippen LogP contribution in [-0.2, 0) is 10.0 Å². The van der Waals surface area contributed by atoms with Crippen LogP contribution in [0.15, 0.2) is 29.2 Å². The third kappa shape index (κ3) is 3.70. The van der Waals surface area contributed by atoms with Crippen LogP contribution in [0.4, 0.5) is 5.69 Å². The van der Waals surface area contributed by atoms with E-state index >= 15 is 0 Å². The molecular weight excluding hydrogens is 260 g/mol. The molecule has 0 spiro atoms. The molecule has 0 amide bonds. The van der Waals surface area contributed by atoms with Crippen LogP contribution in [0, 0.1) is 5.92 Å². The van der Waals surface area contributed by atoms with E-state index in [2.05, 4.69) is 10.0 Å². The van der Waals surface area contributed by atoms with E-state index in [1.165, 1.54) is 19.3 Å². The van der Waals surface area contributed by atoms with Crippen LogP contribution in [0.1, 0.15) is 32.1 Å². The summed E-state index contributed by atoms with van der Waals surface area (Å²) in [6, 6.07) is 7.18. The summed E-state index contributed by atoms with van der Waals surface area (Å²) in [5, 5.41) is 3.33. The Balaban J connectivity index is 1.57. The molecule has 2 N–H and O–H groups in total. The van der Waals surface area contributed by atoms with Gasteiger partial charge in [-0.15, -0.1) is 0 Å². The van der Waals surface area contributed by atoms with Crippen LogP contribution in [0.25, 0.3) is 0 Å². The monoisotopic (exact) mass is 280 g/mol. The molecule has 2 aliphatic carbocycles. The third-order valence-corrected chi connectivity index (χ3v) is 5.18. The molecule has 0 saturated heterocycles. The number of sulfonamides is 1. The molecule has 1 aromatic carbocycles. The van der Waals surface area contributed by atoms with E-state index in [-0.39, 0.29) is 6.04 Å². The van der Waals surface area contributed by atoms with Gasteiger partial charge in [-0.2, -0.15) is 0 Å². The minimum atomic E-state index is -3.32. The fourth-order valence-corrected chi connectivity index (χ4v) is 3.37. The number of anilines is 1. The van der Waals surface area contributed by atoms with Crippen molar-refractivity contribution in [3.63, 3.8) is 0 Å². The zero-order valence-corrected chi connectivity index (χ0v) is 11.7. The van der Waals surface area contributed by atoms with Crippen LogP contribution < -0.4 is 10.0 Å². The van der Waals surface area contributed by atoms with Crippen LogP contribution in [0.3, 0.4) is 0 Å². The van der Waals surface area contributed by atoms with E-state index in [1.807, 2.05) is 12.1 Å². The summed E-state index contributed by atoms with van der Waals surface area (Å²) in [6.07, 6.45) is 5.86. The molecule has 0 atom stereocenters. The lowest BCUT2D eigenvalue weighted by atomic mass is 10.2. The summed E-state index contributed by atoms with van der Waals surface area (Å²) in [5.41, 5.74) is 0.992. The number of benzene rings is 1. The minimum absolute atomic E-state index is 0.154. The SMILES string of the molecule is O=S(=O)(NC1CC1)c1ccc(NCCC2CC2)cc1. The molecule has 2 fully saturated rings. The predicted octanol–water partition coefficient (Wildman–Crippen LogP) is 2.34. The van der Waals surface area contributed by atoms with E-state index in [4.69, 9.17) is 0 Å². The van der Waals surface area contributed by atoms with Gasteiger partial charge in [-0.1, -0.05) is 12.8 Å². The number of hydrogen-bond acceptors (Lipinski definition) is 3. The van der Waals surface area contributed by atoms with Gasteiger partial charge in [0.05, 0.1) is 4.90 Å². The molecule has 3 rings (SSSR count). The highest BCUT2D eigenvalue weighted by molar-refractivity contribution is 7.89. The van der Waals surface area contributed by atoms with Gasteiger partial charge in [0.2, 0.25) is 10.0 Å². The second kappa shape index (κ2) is 5.13. The van der Waals surface area contributed by atoms with Gasteiger partial charge in [0, 0.05) is 18.3 Å². The molecule has 2 aliphatic rings. The van der Waals surface area contributed by atoms with Gasteiger partial charge in [-0.05, 0) is 49.4 Å². The van der Waals surface area contributed by atoms with E-state index < -0.39 is 10.0 Å². The molecule has 0 heterocycles. The van der Waals surface area contributed by atoms with Gasteiger partial charge >= 0.3 is 0 Å². The number of nitrogens with one attached hydrogen (secondary N) is 2. The van der Waals surface area contributed by atoms with E-state index in [0.29, 0.717) is 4.90 Å². The fourth-order valence-electron chi connectivity index (χ4n) is 2.07. The van der Waals surface area contributed by atoms with E-state index in [0.717, 1.165) is 31.0 Å². The molecule has 1 aromatic rings. The van der Waals surface area contributed by atoms with Crippen molar-refractivity contribution in [2.45, 2.75) is 43.0 Å². The Morgan fingerprint density at radius 1 is 1.05 bits per heavy atom. The third-order valence-electron chi connectivity index (χ3n) is 3.64. The molecule has 5 heteroatoms. The second-order valence-corrected chi connectivity index (χ2v) is 7.29. The summed E-state index contributed by atoms with van der Waals surface area (Å²) in [7, 11) is -3.32. The van der Waals surface area contributed by atoms with Gasteiger partial charge in [0.15, 0.2) is 0 Å². The predicted molar refractivity (Wildman–Crippen MR) is 75.6 cm³/mol. The highest BCUT2D eigenvalue weighted by Crippen LogP contribution is 2.32. The average molecular weight is 280 g/mol. The Labute approximate surface area is 114 Å². The van der Waals surface area contributed by atoms with Crippen molar-refractivity contribution in [3.05, 3.63) is 24.3 Å². The Morgan fingerprint density at radius 3 is 2.32 bits per heavy atom. The first-order valence-corrected chi connectivity index (χ1v) is 8.48. The zero-order chi connectivity index (χ0) is 13.3. The van der Waals surface area contributed by atoms with E-state index in [1.54, 1.807) is 12.1 Å². The molecule has 0 aromatic heterocycles. The molecule has 0 radical (unpaired) electrons. The summed E-state index contributed by atoms with van der Waals surface area (Å²) < 4.78 is 26.6. The molecule has 104 valence electrons. The second-order valence-electron chi connectivity index (χ2n) is 5.58. The normalized spacial score (nSPS) is 19.4. The molecule has 0 bridgehead atoms. The summed E-state index contributed by atoms with van der Waals surface area (Å²) in [5.74, 6) is 0.912. The topological polar surface area (TPSA) is 58.2 Å². The Hall–Kier alpha value is -1.07. The van der Waals surface area contributed by atoms with Crippen LogP contribution in [0.5, 0.6) is 0 Å². The van der Waals surface area contributed by atoms with Gasteiger partial charge in [-0.25, -0.2) is 13.1 Å². The zero-order valence-electron chi connectivity index (χ0n) is 10.9. The van der Waals surface area contributed by atoms with Gasteiger partial charge in [0.1, 0.15) is 0 Å². The maximum atomic E-state index is 12.0. The van der Waals surface area contributed by atoms with Crippen molar-refractivity contribution in [1.82, 2.24) is 4.72 Å². The lowest BCUT2D eigenvalue weighted by Crippen LogP contribution is -2.25. The van der Waals surface area contributed by atoms with Gasteiger partial charge in [0.25, 0.3) is 0 Å². The molecule has 4 nitrogen and oxygen atoms in total. The highest BCUT2D eigenvalue weighted by atomic mass is 32.2. The van der Waals surface area contributed by atoms with E-state index in [9.17, 15) is 8.42 Å². The minimum Gasteiger partial charge on any atom is -0.385 e. The Bertz CT molecular complexity index is 531.